The van der Waals surface area contributed by atoms with Gasteiger partial charge in [-0.15, -0.1) is 11.3 Å². The van der Waals surface area contributed by atoms with E-state index in [1.165, 1.54) is 0 Å². The first-order valence-corrected chi connectivity index (χ1v) is 7.22. The predicted molar refractivity (Wildman–Crippen MR) is 78.9 cm³/mol. The van der Waals surface area contributed by atoms with E-state index in [1.807, 2.05) is 29.2 Å². The first-order chi connectivity index (χ1) is 8.83. The number of halogens is 1. The van der Waals surface area contributed by atoms with Crippen molar-refractivity contribution in [3.8, 4) is 0 Å². The maximum absolute atomic E-state index is 4.45. The molecule has 1 N–H and O–H groups in total. The van der Waals surface area contributed by atoms with Gasteiger partial charge in [0.25, 0.3) is 0 Å². The Kier molecular flexibility index (Phi) is 3.25. The molecular formula is C13H10BrN3S. The number of hydrogen-bond donors (Lipinski definition) is 1. The molecule has 0 atom stereocenters. The van der Waals surface area contributed by atoms with Crippen LogP contribution < -0.4 is 5.32 Å². The molecule has 0 aliphatic heterocycles. The average Bonchev–Trinajstić information content (AvgIpc) is 2.89. The van der Waals surface area contributed by atoms with Crippen LogP contribution in [0.5, 0.6) is 0 Å². The lowest BCUT2D eigenvalue weighted by Gasteiger charge is -2.08. The minimum Gasteiger partial charge on any atom is -0.378 e. The molecule has 0 aliphatic rings. The second kappa shape index (κ2) is 5.04. The zero-order chi connectivity index (χ0) is 12.4. The molecule has 0 saturated carbocycles. The molecule has 18 heavy (non-hydrogen) atoms. The molecule has 5 heteroatoms. The molecule has 3 nitrogen and oxygen atoms in total. The summed E-state index contributed by atoms with van der Waals surface area (Å²) >= 11 is 5.04. The number of thiazole rings is 1. The van der Waals surface area contributed by atoms with Gasteiger partial charge in [-0.05, 0) is 28.1 Å². The summed E-state index contributed by atoms with van der Waals surface area (Å²) in [4.78, 5) is 8.71. The highest BCUT2D eigenvalue weighted by Crippen LogP contribution is 2.24. The summed E-state index contributed by atoms with van der Waals surface area (Å²) < 4.78 is 0.992. The van der Waals surface area contributed by atoms with Crippen LogP contribution in [0.4, 0.5) is 5.69 Å². The fourth-order valence-corrected chi connectivity index (χ4v) is 2.69. The lowest BCUT2D eigenvalue weighted by atomic mass is 10.2. The largest absolute Gasteiger partial charge is 0.378 e. The Labute approximate surface area is 117 Å². The van der Waals surface area contributed by atoms with Crippen molar-refractivity contribution in [2.75, 3.05) is 5.32 Å². The Bertz CT molecular complexity index is 667. The van der Waals surface area contributed by atoms with Crippen LogP contribution in [0.25, 0.3) is 10.9 Å². The molecule has 0 fully saturated rings. The number of fused-ring (bicyclic) bond motifs is 1. The highest BCUT2D eigenvalue weighted by molar-refractivity contribution is 9.10. The van der Waals surface area contributed by atoms with Crippen LogP contribution in [0.3, 0.4) is 0 Å². The van der Waals surface area contributed by atoms with Gasteiger partial charge in [-0.1, -0.05) is 12.1 Å². The lowest BCUT2D eigenvalue weighted by molar-refractivity contribution is 1.08. The number of nitrogens with one attached hydrogen (secondary N) is 1. The number of nitrogens with zero attached hydrogens (tertiary/aromatic N) is 2. The third-order valence-corrected chi connectivity index (χ3v) is 3.69. The van der Waals surface area contributed by atoms with Crippen molar-refractivity contribution in [1.29, 1.82) is 0 Å². The minimum absolute atomic E-state index is 0.723. The van der Waals surface area contributed by atoms with Crippen molar-refractivity contribution >= 4 is 43.9 Å². The third-order valence-electron chi connectivity index (χ3n) is 2.62. The quantitative estimate of drug-likeness (QED) is 0.790. The number of anilines is 1. The Balaban J connectivity index is 1.92. The number of para-hydroxylation sites is 1. The summed E-state index contributed by atoms with van der Waals surface area (Å²) in [7, 11) is 0. The first-order valence-electron chi connectivity index (χ1n) is 5.48. The fraction of sp³-hybridized carbons (Fsp3) is 0.0769. The number of aromatic nitrogens is 2. The number of pyridine rings is 1. The molecule has 3 rings (SSSR count). The van der Waals surface area contributed by atoms with Gasteiger partial charge in [-0.25, -0.2) is 4.98 Å². The van der Waals surface area contributed by atoms with E-state index in [0.29, 0.717) is 0 Å². The SMILES string of the molecule is Brc1cnc2c(NCc3cscn3)cccc2c1. The maximum atomic E-state index is 4.45. The molecular weight excluding hydrogens is 310 g/mol. The number of hydrogen-bond acceptors (Lipinski definition) is 4. The van der Waals surface area contributed by atoms with Crippen LogP contribution in [-0.4, -0.2) is 9.97 Å². The van der Waals surface area contributed by atoms with Gasteiger partial charge in [-0.3, -0.25) is 4.98 Å². The maximum Gasteiger partial charge on any atom is 0.0934 e. The van der Waals surface area contributed by atoms with Gasteiger partial charge in [0.1, 0.15) is 0 Å². The predicted octanol–water partition coefficient (Wildman–Crippen LogP) is 4.07. The Morgan fingerprint density at radius 1 is 1.28 bits per heavy atom. The van der Waals surface area contributed by atoms with Gasteiger partial charge in [0.2, 0.25) is 0 Å². The molecule has 0 saturated heterocycles. The Morgan fingerprint density at radius 2 is 2.22 bits per heavy atom. The van der Waals surface area contributed by atoms with E-state index in [1.54, 1.807) is 11.3 Å². The van der Waals surface area contributed by atoms with Crippen molar-refractivity contribution in [3.05, 3.63) is 51.5 Å². The molecule has 0 amide bonds. The normalized spacial score (nSPS) is 10.7. The van der Waals surface area contributed by atoms with Crippen LogP contribution in [0, 0.1) is 0 Å². The summed E-state index contributed by atoms with van der Waals surface area (Å²) in [5, 5.41) is 6.54. The molecule has 1 aromatic carbocycles. The van der Waals surface area contributed by atoms with Crippen molar-refractivity contribution in [1.82, 2.24) is 9.97 Å². The number of benzene rings is 1. The lowest BCUT2D eigenvalue weighted by Crippen LogP contribution is -2.00. The molecule has 90 valence electrons. The van der Waals surface area contributed by atoms with Crippen molar-refractivity contribution in [2.24, 2.45) is 0 Å². The Morgan fingerprint density at radius 3 is 3.06 bits per heavy atom. The van der Waals surface area contributed by atoms with E-state index < -0.39 is 0 Å². The molecule has 0 bridgehead atoms. The van der Waals surface area contributed by atoms with Crippen LogP contribution in [-0.2, 0) is 6.54 Å². The van der Waals surface area contributed by atoms with Crippen LogP contribution >= 0.6 is 27.3 Å². The summed E-state index contributed by atoms with van der Waals surface area (Å²) in [6, 6.07) is 8.19. The van der Waals surface area contributed by atoms with Gasteiger partial charge in [0.15, 0.2) is 0 Å². The standard InChI is InChI=1S/C13H10BrN3S/c14-10-4-9-2-1-3-12(13(9)16-5-10)15-6-11-7-18-8-17-11/h1-5,7-8,15H,6H2. The third kappa shape index (κ3) is 2.37. The Hall–Kier alpha value is -1.46. The molecule has 0 unspecified atom stereocenters. The van der Waals surface area contributed by atoms with Crippen LogP contribution in [0.15, 0.2) is 45.8 Å². The topological polar surface area (TPSA) is 37.8 Å². The van der Waals surface area contributed by atoms with Gasteiger partial charge < -0.3 is 5.32 Å². The molecule has 0 radical (unpaired) electrons. The van der Waals surface area contributed by atoms with Crippen molar-refractivity contribution < 1.29 is 0 Å². The van der Waals surface area contributed by atoms with E-state index in [-0.39, 0.29) is 0 Å². The van der Waals surface area contributed by atoms with E-state index >= 15 is 0 Å². The zero-order valence-corrected chi connectivity index (χ0v) is 11.8. The molecule has 0 aliphatic carbocycles. The smallest absolute Gasteiger partial charge is 0.0934 e. The van der Waals surface area contributed by atoms with Crippen LogP contribution in [0.2, 0.25) is 0 Å². The van der Waals surface area contributed by atoms with E-state index in [4.69, 9.17) is 0 Å². The fourth-order valence-electron chi connectivity index (χ4n) is 1.79. The monoisotopic (exact) mass is 319 g/mol. The first kappa shape index (κ1) is 11.6. The second-order valence-electron chi connectivity index (χ2n) is 3.86. The molecule has 3 aromatic rings. The van der Waals surface area contributed by atoms with Crippen molar-refractivity contribution in [2.45, 2.75) is 6.54 Å². The summed E-state index contributed by atoms with van der Waals surface area (Å²) in [5.74, 6) is 0. The van der Waals surface area contributed by atoms with Gasteiger partial charge in [0.05, 0.1) is 29.0 Å². The van der Waals surface area contributed by atoms with E-state index in [0.717, 1.165) is 33.3 Å². The van der Waals surface area contributed by atoms with Gasteiger partial charge >= 0.3 is 0 Å². The van der Waals surface area contributed by atoms with Crippen LogP contribution in [0.1, 0.15) is 5.69 Å². The highest BCUT2D eigenvalue weighted by Gasteiger charge is 2.03. The van der Waals surface area contributed by atoms with E-state index in [9.17, 15) is 0 Å². The minimum atomic E-state index is 0.723. The second-order valence-corrected chi connectivity index (χ2v) is 5.50. The highest BCUT2D eigenvalue weighted by atomic mass is 79.9. The zero-order valence-electron chi connectivity index (χ0n) is 9.43. The molecule has 2 aromatic heterocycles. The summed E-state index contributed by atoms with van der Waals surface area (Å²) in [6.07, 6.45) is 1.82. The van der Waals surface area contributed by atoms with Crippen molar-refractivity contribution in [3.63, 3.8) is 0 Å². The number of rotatable bonds is 3. The van der Waals surface area contributed by atoms with Gasteiger partial charge in [0, 0.05) is 21.4 Å². The molecule has 0 spiro atoms. The van der Waals surface area contributed by atoms with Gasteiger partial charge in [-0.2, -0.15) is 0 Å². The summed E-state index contributed by atoms with van der Waals surface area (Å²) in [6.45, 7) is 0.723. The van der Waals surface area contributed by atoms with E-state index in [2.05, 4.69) is 43.3 Å². The molecule has 2 heterocycles. The average molecular weight is 320 g/mol. The summed E-state index contributed by atoms with van der Waals surface area (Å²) in [5.41, 5.74) is 4.91.